The predicted molar refractivity (Wildman–Crippen MR) is 156 cm³/mol. The van der Waals surface area contributed by atoms with Gasteiger partial charge in [0, 0.05) is 53.4 Å². The van der Waals surface area contributed by atoms with Gasteiger partial charge >= 0.3 is 0 Å². The third kappa shape index (κ3) is 5.38. The Labute approximate surface area is 243 Å². The minimum atomic E-state index is -4.14. The summed E-state index contributed by atoms with van der Waals surface area (Å²) in [5.74, 6) is -3.23. The van der Waals surface area contributed by atoms with Gasteiger partial charge in [0.1, 0.15) is 11.6 Å². The first-order valence-corrected chi connectivity index (χ1v) is 15.7. The summed E-state index contributed by atoms with van der Waals surface area (Å²) in [4.78, 5) is 31.4. The van der Waals surface area contributed by atoms with Crippen molar-refractivity contribution in [3.8, 4) is 0 Å². The summed E-state index contributed by atoms with van der Waals surface area (Å²) in [6, 6.07) is 8.36. The number of hydrogen-bond donors (Lipinski definition) is 3. The number of aryl methyl sites for hydroxylation is 1. The number of likely N-dealkylation sites (tertiary alicyclic amines) is 1. The molecule has 2 aromatic carbocycles. The Morgan fingerprint density at radius 3 is 2.38 bits per heavy atom. The molecule has 0 atom stereocenters. The summed E-state index contributed by atoms with van der Waals surface area (Å²) in [5.41, 5.74) is 2.96. The normalized spacial score (nSPS) is 18.4. The van der Waals surface area contributed by atoms with Gasteiger partial charge in [-0.3, -0.25) is 9.59 Å². The maximum atomic E-state index is 14.2. The number of nitrogens with zero attached hydrogens (tertiary/aromatic N) is 1. The minimum absolute atomic E-state index is 0.0548. The number of halogens is 2. The number of sulfone groups is 1. The molecule has 0 radical (unpaired) electrons. The number of amides is 2. The van der Waals surface area contributed by atoms with Crippen LogP contribution in [0.25, 0.3) is 11.6 Å². The lowest BCUT2D eigenvalue weighted by Crippen LogP contribution is -2.45. The zero-order valence-corrected chi connectivity index (χ0v) is 24.2. The van der Waals surface area contributed by atoms with Crippen LogP contribution in [0.2, 0.25) is 0 Å². The average molecular weight is 595 g/mol. The van der Waals surface area contributed by atoms with Crippen molar-refractivity contribution in [1.29, 1.82) is 0 Å². The number of hydrogen-bond acceptors (Lipinski definition) is 5. The first-order chi connectivity index (χ1) is 20.0. The van der Waals surface area contributed by atoms with Crippen molar-refractivity contribution in [3.63, 3.8) is 0 Å². The topological polar surface area (TPSA) is 111 Å². The van der Waals surface area contributed by atoms with E-state index in [0.29, 0.717) is 58.9 Å². The molecule has 8 nitrogen and oxygen atoms in total. The molecule has 0 unspecified atom stereocenters. The molecule has 3 heterocycles. The van der Waals surface area contributed by atoms with E-state index in [0.717, 1.165) is 25.0 Å². The van der Waals surface area contributed by atoms with Crippen LogP contribution in [-0.4, -0.2) is 55.3 Å². The summed E-state index contributed by atoms with van der Waals surface area (Å²) in [5, 5.41) is 6.38. The van der Waals surface area contributed by atoms with E-state index in [4.69, 9.17) is 0 Å². The highest BCUT2D eigenvalue weighted by atomic mass is 32.2. The van der Waals surface area contributed by atoms with Crippen LogP contribution < -0.4 is 10.6 Å². The maximum absolute atomic E-state index is 14.2. The molecule has 0 bridgehead atoms. The molecule has 1 saturated carbocycles. The van der Waals surface area contributed by atoms with E-state index in [-0.39, 0.29) is 16.4 Å². The molecular formula is C31H32F2N4O4S. The van der Waals surface area contributed by atoms with Gasteiger partial charge in [-0.2, -0.15) is 0 Å². The van der Waals surface area contributed by atoms with Gasteiger partial charge in [0.15, 0.2) is 9.84 Å². The second-order valence-electron chi connectivity index (χ2n) is 11.3. The first-order valence-electron chi connectivity index (χ1n) is 14.1. The van der Waals surface area contributed by atoms with Gasteiger partial charge in [-0.15, -0.1) is 0 Å². The highest BCUT2D eigenvalue weighted by Gasteiger charge is 2.32. The van der Waals surface area contributed by atoms with Gasteiger partial charge in [0.25, 0.3) is 11.8 Å². The third-order valence-corrected chi connectivity index (χ3v) is 9.98. The third-order valence-electron chi connectivity index (χ3n) is 8.34. The number of carbonyl (C=O) groups excluding carboxylic acids is 2. The molecule has 1 aliphatic carbocycles. The van der Waals surface area contributed by atoms with E-state index in [1.54, 1.807) is 6.08 Å². The summed E-state index contributed by atoms with van der Waals surface area (Å²) in [6.07, 6.45) is 5.89. The van der Waals surface area contributed by atoms with Crippen LogP contribution in [0, 0.1) is 25.5 Å². The molecule has 220 valence electrons. The van der Waals surface area contributed by atoms with E-state index in [1.807, 2.05) is 18.7 Å². The van der Waals surface area contributed by atoms with Crippen LogP contribution in [0.5, 0.6) is 0 Å². The largest absolute Gasteiger partial charge is 0.358 e. The number of piperidine rings is 1. The van der Waals surface area contributed by atoms with Crippen molar-refractivity contribution >= 4 is 39.0 Å². The van der Waals surface area contributed by atoms with Crippen LogP contribution in [0.3, 0.4) is 0 Å². The van der Waals surface area contributed by atoms with Crippen molar-refractivity contribution in [2.75, 3.05) is 18.4 Å². The Kier molecular flexibility index (Phi) is 7.26. The lowest BCUT2D eigenvalue weighted by molar-refractivity contribution is -0.110. The van der Waals surface area contributed by atoms with E-state index in [1.165, 1.54) is 37.1 Å². The van der Waals surface area contributed by atoms with Crippen molar-refractivity contribution in [2.45, 2.75) is 62.3 Å². The van der Waals surface area contributed by atoms with Crippen molar-refractivity contribution in [1.82, 2.24) is 15.2 Å². The maximum Gasteiger partial charge on any atom is 0.256 e. The van der Waals surface area contributed by atoms with Gasteiger partial charge in [-0.1, -0.05) is 6.07 Å². The minimum Gasteiger partial charge on any atom is -0.358 e. The molecule has 1 saturated heterocycles. The molecular weight excluding hydrogens is 562 g/mol. The van der Waals surface area contributed by atoms with E-state index in [2.05, 4.69) is 15.6 Å². The molecule has 11 heteroatoms. The lowest BCUT2D eigenvalue weighted by Gasteiger charge is -2.32. The number of fused-ring (bicyclic) bond motifs is 1. The van der Waals surface area contributed by atoms with Crippen LogP contribution in [0.15, 0.2) is 41.3 Å². The number of H-pyrrole nitrogens is 1. The monoisotopic (exact) mass is 594 g/mol. The van der Waals surface area contributed by atoms with Gasteiger partial charge in [-0.05, 0) is 81.5 Å². The van der Waals surface area contributed by atoms with Crippen LogP contribution >= 0.6 is 0 Å². The number of benzene rings is 2. The molecule has 2 fully saturated rings. The van der Waals surface area contributed by atoms with Crippen LogP contribution in [0.4, 0.5) is 14.5 Å². The Bertz CT molecular complexity index is 1720. The highest BCUT2D eigenvalue weighted by molar-refractivity contribution is 7.90. The van der Waals surface area contributed by atoms with E-state index >= 15 is 0 Å². The SMILES string of the molecule is Cc1[nH]c(C=C2C(=O)Nc3ccc(S(=O)(=O)Cc4c(F)cccc4F)cc32)c(C)c1C(=O)N1CCC(NC2CC2)CC1. The van der Waals surface area contributed by atoms with Crippen LogP contribution in [0.1, 0.15) is 64.1 Å². The quantitative estimate of drug-likeness (QED) is 0.343. The van der Waals surface area contributed by atoms with Gasteiger partial charge in [0.05, 0.1) is 21.8 Å². The number of aromatic amines is 1. The number of anilines is 1. The van der Waals surface area contributed by atoms with Crippen LogP contribution in [-0.2, 0) is 20.4 Å². The summed E-state index contributed by atoms with van der Waals surface area (Å²) in [7, 11) is -4.14. The molecule has 0 spiro atoms. The standard InChI is InChI=1S/C31H32F2N4O4S/c1-17-28(34-18(2)29(17)31(39)37-12-10-20(11-13-37)35-19-6-7-19)15-23-22-14-21(8-9-27(22)36-30(23)38)42(40,41)16-24-25(32)4-3-5-26(24)33/h3-5,8-9,14-15,19-20,34-35H,6-7,10-13,16H2,1-2H3,(H,36,38). The molecule has 6 rings (SSSR count). The molecule has 2 aliphatic heterocycles. The predicted octanol–water partition coefficient (Wildman–Crippen LogP) is 4.73. The fourth-order valence-electron chi connectivity index (χ4n) is 5.82. The Balaban J connectivity index is 1.26. The number of aromatic nitrogens is 1. The van der Waals surface area contributed by atoms with Gasteiger partial charge in [0.2, 0.25) is 0 Å². The van der Waals surface area contributed by atoms with Crippen molar-refractivity contribution < 1.29 is 26.8 Å². The smallest absolute Gasteiger partial charge is 0.256 e. The summed E-state index contributed by atoms with van der Waals surface area (Å²) < 4.78 is 54.7. The lowest BCUT2D eigenvalue weighted by atomic mass is 10.0. The zero-order valence-electron chi connectivity index (χ0n) is 23.4. The Morgan fingerprint density at radius 2 is 1.71 bits per heavy atom. The second kappa shape index (κ2) is 10.8. The molecule has 42 heavy (non-hydrogen) atoms. The fraction of sp³-hybridized carbons (Fsp3) is 0.355. The van der Waals surface area contributed by atoms with E-state index < -0.39 is 38.7 Å². The number of rotatable bonds is 7. The molecule has 3 aromatic rings. The zero-order chi connectivity index (χ0) is 29.8. The molecule has 2 amide bonds. The fourth-order valence-corrected chi connectivity index (χ4v) is 7.22. The highest BCUT2D eigenvalue weighted by Crippen LogP contribution is 2.36. The molecule has 3 N–H and O–H groups in total. The van der Waals surface area contributed by atoms with Crippen molar-refractivity contribution in [3.05, 3.63) is 81.7 Å². The Morgan fingerprint density at radius 1 is 1.05 bits per heavy atom. The summed E-state index contributed by atoms with van der Waals surface area (Å²) in [6.45, 7) is 4.99. The average Bonchev–Trinajstić information content (AvgIpc) is 3.65. The molecule has 3 aliphatic rings. The first kappa shape index (κ1) is 28.3. The number of nitrogens with one attached hydrogen (secondary N) is 3. The molecule has 1 aromatic heterocycles. The van der Waals surface area contributed by atoms with Crippen molar-refractivity contribution in [2.24, 2.45) is 0 Å². The van der Waals surface area contributed by atoms with Gasteiger partial charge in [-0.25, -0.2) is 17.2 Å². The number of carbonyl (C=O) groups is 2. The summed E-state index contributed by atoms with van der Waals surface area (Å²) >= 11 is 0. The second-order valence-corrected chi connectivity index (χ2v) is 13.3. The van der Waals surface area contributed by atoms with E-state index in [9.17, 15) is 26.8 Å². The van der Waals surface area contributed by atoms with Gasteiger partial charge < -0.3 is 20.5 Å². The Hall–Kier alpha value is -3.83.